The Balaban J connectivity index is 1.75. The van der Waals surface area contributed by atoms with Crippen LogP contribution in [0.4, 0.5) is 17.3 Å². The lowest BCUT2D eigenvalue weighted by Crippen LogP contribution is -2.30. The number of hydrogen-bond donors (Lipinski definition) is 1. The lowest BCUT2D eigenvalue weighted by atomic mass is 10.1. The fourth-order valence-corrected chi connectivity index (χ4v) is 3.79. The molecule has 160 valence electrons. The third-order valence-electron chi connectivity index (χ3n) is 5.50. The van der Waals surface area contributed by atoms with Crippen molar-refractivity contribution >= 4 is 34.5 Å². The number of carbonyl (C=O) groups is 1. The molecule has 0 saturated carbocycles. The maximum absolute atomic E-state index is 12.8. The number of nitrogens with one attached hydrogen (secondary N) is 1. The number of hydrogen-bond acceptors (Lipinski definition) is 7. The monoisotopic (exact) mass is 422 g/mol. The topological polar surface area (TPSA) is 105 Å². The molecule has 0 radical (unpaired) electrons. The van der Waals surface area contributed by atoms with Crippen molar-refractivity contribution in [2.75, 3.05) is 25.6 Å². The Labute approximate surface area is 178 Å². The van der Waals surface area contributed by atoms with Crippen molar-refractivity contribution < 1.29 is 14.3 Å². The standard InChI is InChI=1S/C21H22N6O4/c1-12-9-14(19(28)30-4)16(22-2)10-15(12)24-20-23-11-17-18(25-20)27(21(29)26(17)3)13-5-7-31-8-6-13/h9-11,13H,5-8H2,1,3-4H3,(H,23,24,25). The number of nitrogens with zero attached hydrogens (tertiary/aromatic N) is 5. The summed E-state index contributed by atoms with van der Waals surface area (Å²) >= 11 is 0. The predicted molar refractivity (Wildman–Crippen MR) is 114 cm³/mol. The molecular weight excluding hydrogens is 400 g/mol. The van der Waals surface area contributed by atoms with Gasteiger partial charge in [0.1, 0.15) is 5.52 Å². The lowest BCUT2D eigenvalue weighted by molar-refractivity contribution is 0.0602. The first-order chi connectivity index (χ1) is 14.9. The number of aryl methyl sites for hydroxylation is 2. The van der Waals surface area contributed by atoms with Crippen molar-refractivity contribution in [2.24, 2.45) is 7.05 Å². The van der Waals surface area contributed by atoms with Gasteiger partial charge in [-0.25, -0.2) is 19.4 Å². The van der Waals surface area contributed by atoms with Crippen LogP contribution in [0.3, 0.4) is 0 Å². The molecule has 4 rings (SSSR count). The number of benzene rings is 1. The van der Waals surface area contributed by atoms with Gasteiger partial charge in [0.05, 0.1) is 25.4 Å². The Morgan fingerprint density at radius 2 is 2.10 bits per heavy atom. The molecule has 0 unspecified atom stereocenters. The van der Waals surface area contributed by atoms with Gasteiger partial charge in [0.25, 0.3) is 0 Å². The third-order valence-corrected chi connectivity index (χ3v) is 5.50. The predicted octanol–water partition coefficient (Wildman–Crippen LogP) is 2.87. The van der Waals surface area contributed by atoms with Crippen molar-refractivity contribution in [3.05, 3.63) is 51.4 Å². The molecule has 2 aromatic heterocycles. The number of imidazole rings is 1. The van der Waals surface area contributed by atoms with Crippen molar-refractivity contribution in [3.8, 4) is 0 Å². The zero-order valence-corrected chi connectivity index (χ0v) is 17.5. The lowest BCUT2D eigenvalue weighted by Gasteiger charge is -2.22. The zero-order chi connectivity index (χ0) is 22.1. The summed E-state index contributed by atoms with van der Waals surface area (Å²) in [6.07, 6.45) is 3.10. The fraction of sp³-hybridized carbons (Fsp3) is 0.381. The Kier molecular flexibility index (Phi) is 5.44. The van der Waals surface area contributed by atoms with Crippen LogP contribution in [0.5, 0.6) is 0 Å². The Hall–Kier alpha value is -3.71. The van der Waals surface area contributed by atoms with Gasteiger partial charge in [-0.15, -0.1) is 0 Å². The molecule has 0 spiro atoms. The van der Waals surface area contributed by atoms with Crippen LogP contribution in [0.1, 0.15) is 34.8 Å². The minimum absolute atomic E-state index is 0.0162. The molecule has 10 nitrogen and oxygen atoms in total. The molecule has 3 heterocycles. The highest BCUT2D eigenvalue weighted by atomic mass is 16.5. The van der Waals surface area contributed by atoms with E-state index in [-0.39, 0.29) is 23.0 Å². The van der Waals surface area contributed by atoms with Crippen LogP contribution in [0.25, 0.3) is 16.0 Å². The summed E-state index contributed by atoms with van der Waals surface area (Å²) in [7, 11) is 2.98. The molecule has 1 aliphatic heterocycles. The first-order valence-electron chi connectivity index (χ1n) is 9.83. The zero-order valence-electron chi connectivity index (χ0n) is 17.5. The summed E-state index contributed by atoms with van der Waals surface area (Å²) < 4.78 is 13.4. The first kappa shape index (κ1) is 20.6. The number of esters is 1. The number of carbonyl (C=O) groups excluding carboxylic acids is 1. The number of methoxy groups -OCH3 is 1. The van der Waals surface area contributed by atoms with Gasteiger partial charge in [0, 0.05) is 32.0 Å². The van der Waals surface area contributed by atoms with Crippen molar-refractivity contribution in [1.82, 2.24) is 19.1 Å². The van der Waals surface area contributed by atoms with Gasteiger partial charge in [0.15, 0.2) is 5.65 Å². The summed E-state index contributed by atoms with van der Waals surface area (Å²) in [5.41, 5.74) is 2.74. The number of anilines is 2. The third kappa shape index (κ3) is 3.64. The number of ether oxygens (including phenoxy) is 2. The van der Waals surface area contributed by atoms with Crippen LogP contribution in [-0.4, -0.2) is 45.4 Å². The molecule has 10 heteroatoms. The summed E-state index contributed by atoms with van der Waals surface area (Å²) in [4.78, 5) is 37.2. The Bertz CT molecular complexity index is 1260. The average Bonchev–Trinajstić information content (AvgIpc) is 3.04. The van der Waals surface area contributed by atoms with Gasteiger partial charge in [-0.05, 0) is 31.4 Å². The molecule has 1 aromatic carbocycles. The molecular formula is C21H22N6O4. The van der Waals surface area contributed by atoms with E-state index in [9.17, 15) is 9.59 Å². The van der Waals surface area contributed by atoms with Crippen LogP contribution < -0.4 is 11.0 Å². The largest absolute Gasteiger partial charge is 0.466 e. The van der Waals surface area contributed by atoms with E-state index in [1.807, 2.05) is 6.92 Å². The summed E-state index contributed by atoms with van der Waals surface area (Å²) in [5, 5.41) is 3.12. The van der Waals surface area contributed by atoms with Gasteiger partial charge in [-0.1, -0.05) is 6.07 Å². The second-order valence-electron chi connectivity index (χ2n) is 7.37. The molecule has 3 aromatic rings. The molecule has 0 amide bonds. The van der Waals surface area contributed by atoms with Gasteiger partial charge in [-0.2, -0.15) is 4.98 Å². The number of rotatable bonds is 4. The van der Waals surface area contributed by atoms with Crippen LogP contribution in [0.15, 0.2) is 23.1 Å². The van der Waals surface area contributed by atoms with Gasteiger partial charge in [-0.3, -0.25) is 9.13 Å². The second-order valence-corrected chi connectivity index (χ2v) is 7.37. The Morgan fingerprint density at radius 3 is 2.77 bits per heavy atom. The maximum Gasteiger partial charge on any atom is 0.330 e. The summed E-state index contributed by atoms with van der Waals surface area (Å²) in [6.45, 7) is 10.4. The summed E-state index contributed by atoms with van der Waals surface area (Å²) in [6, 6.07) is 3.18. The quantitative estimate of drug-likeness (QED) is 0.509. The second kappa shape index (κ2) is 8.20. The van der Waals surface area contributed by atoms with E-state index < -0.39 is 5.97 Å². The Morgan fingerprint density at radius 1 is 1.35 bits per heavy atom. The molecule has 31 heavy (non-hydrogen) atoms. The molecule has 0 bridgehead atoms. The molecule has 1 N–H and O–H groups in total. The molecule has 0 aliphatic carbocycles. The van der Waals surface area contributed by atoms with E-state index in [1.165, 1.54) is 7.11 Å². The SMILES string of the molecule is [C-]#[N+]c1cc(Nc2ncc3c(n2)n(C2CCOCC2)c(=O)n3C)c(C)cc1C(=O)OC. The molecule has 1 aliphatic rings. The highest BCUT2D eigenvalue weighted by Gasteiger charge is 2.23. The molecule has 1 fully saturated rings. The van der Waals surface area contributed by atoms with E-state index in [0.717, 1.165) is 18.4 Å². The normalized spacial score (nSPS) is 14.4. The van der Waals surface area contributed by atoms with Crippen molar-refractivity contribution in [1.29, 1.82) is 0 Å². The van der Waals surface area contributed by atoms with E-state index in [0.29, 0.717) is 36.0 Å². The highest BCUT2D eigenvalue weighted by Crippen LogP contribution is 2.30. The van der Waals surface area contributed by atoms with Gasteiger partial charge >= 0.3 is 11.7 Å². The highest BCUT2D eigenvalue weighted by molar-refractivity contribution is 5.97. The van der Waals surface area contributed by atoms with Gasteiger partial charge in [0.2, 0.25) is 11.6 Å². The van der Waals surface area contributed by atoms with Crippen LogP contribution in [-0.2, 0) is 16.5 Å². The van der Waals surface area contributed by atoms with E-state index in [2.05, 4.69) is 20.1 Å². The van der Waals surface area contributed by atoms with Crippen LogP contribution in [0.2, 0.25) is 0 Å². The smallest absolute Gasteiger partial charge is 0.330 e. The number of fused-ring (bicyclic) bond motifs is 1. The van der Waals surface area contributed by atoms with E-state index in [1.54, 1.807) is 34.5 Å². The maximum atomic E-state index is 12.8. The minimum atomic E-state index is -0.567. The van der Waals surface area contributed by atoms with Crippen molar-refractivity contribution in [2.45, 2.75) is 25.8 Å². The summed E-state index contributed by atoms with van der Waals surface area (Å²) in [5.74, 6) is -0.271. The molecule has 0 atom stereocenters. The van der Waals surface area contributed by atoms with Crippen LogP contribution >= 0.6 is 0 Å². The first-order valence-corrected chi connectivity index (χ1v) is 9.83. The van der Waals surface area contributed by atoms with Crippen molar-refractivity contribution in [3.63, 3.8) is 0 Å². The molecule has 1 saturated heterocycles. The van der Waals surface area contributed by atoms with Crippen LogP contribution in [0, 0.1) is 13.5 Å². The van der Waals surface area contributed by atoms with Gasteiger partial charge < -0.3 is 14.8 Å². The average molecular weight is 422 g/mol. The van der Waals surface area contributed by atoms with E-state index >= 15 is 0 Å². The fourth-order valence-electron chi connectivity index (χ4n) is 3.79. The minimum Gasteiger partial charge on any atom is -0.466 e. The van der Waals surface area contributed by atoms with E-state index in [4.69, 9.17) is 16.0 Å². The number of aromatic nitrogens is 4.